The number of benzene rings is 1. The normalized spacial score (nSPS) is 17.4. The first-order valence-electron chi connectivity index (χ1n) is 11.9. The van der Waals surface area contributed by atoms with E-state index in [1.165, 1.54) is 28.9 Å². The van der Waals surface area contributed by atoms with Crippen LogP contribution in [-0.2, 0) is 11.3 Å². The Kier molecular flexibility index (Phi) is 5.97. The van der Waals surface area contributed by atoms with Crippen LogP contribution in [-0.4, -0.2) is 57.1 Å². The fraction of sp³-hybridized carbons (Fsp3) is 0.480. The summed E-state index contributed by atoms with van der Waals surface area (Å²) >= 11 is 0. The second kappa shape index (κ2) is 8.79. The third-order valence-electron chi connectivity index (χ3n) is 6.46. The fourth-order valence-electron chi connectivity index (χ4n) is 5.05. The molecule has 0 bridgehead atoms. The van der Waals surface area contributed by atoms with Gasteiger partial charge in [0.05, 0.1) is 35.1 Å². The summed E-state index contributed by atoms with van der Waals surface area (Å²) in [5, 5.41) is 17.9. The van der Waals surface area contributed by atoms with E-state index in [-0.39, 0.29) is 23.8 Å². The number of amides is 1. The lowest BCUT2D eigenvalue weighted by molar-refractivity contribution is -0.274. The van der Waals surface area contributed by atoms with E-state index in [4.69, 9.17) is 4.74 Å². The van der Waals surface area contributed by atoms with Gasteiger partial charge in [0.15, 0.2) is 5.65 Å². The minimum absolute atomic E-state index is 0.0596. The molecule has 2 N–H and O–H groups in total. The maximum Gasteiger partial charge on any atom is 0.573 e. The van der Waals surface area contributed by atoms with Crippen LogP contribution < -0.4 is 15.0 Å². The van der Waals surface area contributed by atoms with E-state index in [1.54, 1.807) is 27.0 Å². The van der Waals surface area contributed by atoms with Gasteiger partial charge in [-0.2, -0.15) is 5.10 Å². The standard InChI is InChI=1S/C25H28F3N5O4/c1-23(2,3)37-22(35)30-12-18-20-19(32-13-24(14-32)10-16(34)11-24)8-9-29-21(20)33(31-18)15-4-6-17(7-5-15)36-25(26,27)28/h4-9,16,34H,10-14H2,1-3H3,(H,30,35). The number of aliphatic hydroxyl groups is 1. The molecule has 1 saturated heterocycles. The van der Waals surface area contributed by atoms with Gasteiger partial charge in [0.25, 0.3) is 0 Å². The van der Waals surface area contributed by atoms with Crippen LogP contribution in [0, 0.1) is 5.41 Å². The molecule has 198 valence electrons. The lowest BCUT2D eigenvalue weighted by atomic mass is 9.62. The van der Waals surface area contributed by atoms with Gasteiger partial charge in [0.2, 0.25) is 0 Å². The first-order chi connectivity index (χ1) is 17.3. The monoisotopic (exact) mass is 519 g/mol. The number of aromatic nitrogens is 3. The molecule has 2 aromatic heterocycles. The third kappa shape index (κ3) is 5.29. The topological polar surface area (TPSA) is 102 Å². The lowest BCUT2D eigenvalue weighted by Crippen LogP contribution is -2.63. The predicted octanol–water partition coefficient (Wildman–Crippen LogP) is 4.30. The summed E-state index contributed by atoms with van der Waals surface area (Å²) in [4.78, 5) is 19.0. The Morgan fingerprint density at radius 1 is 1.16 bits per heavy atom. The van der Waals surface area contributed by atoms with Gasteiger partial charge >= 0.3 is 12.5 Å². The number of carbonyl (C=O) groups excluding carboxylic acids is 1. The van der Waals surface area contributed by atoms with E-state index in [0.717, 1.165) is 37.0 Å². The van der Waals surface area contributed by atoms with Gasteiger partial charge in [-0.3, -0.25) is 0 Å². The number of pyridine rings is 1. The number of carbonyl (C=O) groups is 1. The maximum atomic E-state index is 12.6. The predicted molar refractivity (Wildman–Crippen MR) is 129 cm³/mol. The van der Waals surface area contributed by atoms with E-state index < -0.39 is 18.1 Å². The van der Waals surface area contributed by atoms with Gasteiger partial charge in [0.1, 0.15) is 11.4 Å². The van der Waals surface area contributed by atoms with Crippen molar-refractivity contribution in [1.29, 1.82) is 0 Å². The molecule has 1 saturated carbocycles. The largest absolute Gasteiger partial charge is 0.573 e. The molecule has 9 nitrogen and oxygen atoms in total. The molecule has 1 amide bonds. The fourth-order valence-corrected chi connectivity index (χ4v) is 5.05. The number of ether oxygens (including phenoxy) is 2. The number of aliphatic hydroxyl groups excluding tert-OH is 1. The molecule has 1 spiro atoms. The highest BCUT2D eigenvalue weighted by atomic mass is 19.4. The number of anilines is 1. The van der Waals surface area contributed by atoms with Crippen LogP contribution in [0.15, 0.2) is 36.5 Å². The minimum atomic E-state index is -4.79. The second-order valence-corrected chi connectivity index (χ2v) is 10.7. The highest BCUT2D eigenvalue weighted by molar-refractivity contribution is 5.93. The van der Waals surface area contributed by atoms with Gasteiger partial charge in [-0.05, 0) is 63.9 Å². The highest BCUT2D eigenvalue weighted by Gasteiger charge is 2.52. The third-order valence-corrected chi connectivity index (χ3v) is 6.46. The molecular formula is C25H28F3N5O4. The number of nitrogens with one attached hydrogen (secondary N) is 1. The lowest BCUT2D eigenvalue weighted by Gasteiger charge is -2.58. The van der Waals surface area contributed by atoms with Crippen LogP contribution >= 0.6 is 0 Å². The van der Waals surface area contributed by atoms with Crippen LogP contribution in [0.25, 0.3) is 16.7 Å². The molecular weight excluding hydrogens is 491 g/mol. The zero-order valence-corrected chi connectivity index (χ0v) is 20.7. The maximum absolute atomic E-state index is 12.6. The number of rotatable bonds is 5. The molecule has 5 rings (SSSR count). The number of alkyl halides is 3. The summed E-state index contributed by atoms with van der Waals surface area (Å²) in [5.74, 6) is -0.346. The van der Waals surface area contributed by atoms with Crippen LogP contribution in [0.3, 0.4) is 0 Å². The summed E-state index contributed by atoms with van der Waals surface area (Å²) in [6.07, 6.45) is -2.43. The van der Waals surface area contributed by atoms with E-state index >= 15 is 0 Å². The molecule has 0 atom stereocenters. The Hall–Kier alpha value is -3.54. The van der Waals surface area contributed by atoms with E-state index in [2.05, 4.69) is 25.0 Å². The summed E-state index contributed by atoms with van der Waals surface area (Å²) in [6, 6.07) is 7.22. The zero-order valence-electron chi connectivity index (χ0n) is 20.7. The summed E-state index contributed by atoms with van der Waals surface area (Å²) in [7, 11) is 0. The number of nitrogens with zero attached hydrogens (tertiary/aromatic N) is 4. The first-order valence-corrected chi connectivity index (χ1v) is 11.9. The Balaban J connectivity index is 1.48. The van der Waals surface area contributed by atoms with E-state index in [9.17, 15) is 23.1 Å². The Morgan fingerprint density at radius 2 is 1.84 bits per heavy atom. The van der Waals surface area contributed by atoms with Crippen LogP contribution in [0.5, 0.6) is 5.75 Å². The van der Waals surface area contributed by atoms with Crippen molar-refractivity contribution in [3.8, 4) is 11.4 Å². The first kappa shape index (κ1) is 25.1. The molecule has 1 aliphatic carbocycles. The average molecular weight is 520 g/mol. The molecule has 37 heavy (non-hydrogen) atoms. The van der Waals surface area contributed by atoms with Crippen molar-refractivity contribution < 1.29 is 32.5 Å². The Morgan fingerprint density at radius 3 is 2.43 bits per heavy atom. The summed E-state index contributed by atoms with van der Waals surface area (Å²) in [6.45, 7) is 6.93. The zero-order chi connectivity index (χ0) is 26.6. The van der Waals surface area contributed by atoms with Crippen LogP contribution in [0.4, 0.5) is 23.7 Å². The van der Waals surface area contributed by atoms with Crippen molar-refractivity contribution in [2.45, 2.75) is 58.2 Å². The van der Waals surface area contributed by atoms with Gasteiger partial charge in [-0.25, -0.2) is 14.5 Å². The molecule has 0 radical (unpaired) electrons. The molecule has 12 heteroatoms. The molecule has 1 aliphatic heterocycles. The van der Waals surface area contributed by atoms with Crippen LogP contribution in [0.2, 0.25) is 0 Å². The molecule has 3 aromatic rings. The number of fused-ring (bicyclic) bond motifs is 1. The molecule has 2 aliphatic rings. The number of alkyl carbamates (subject to hydrolysis) is 1. The average Bonchev–Trinajstić information content (AvgIpc) is 3.11. The van der Waals surface area contributed by atoms with Crippen molar-refractivity contribution >= 4 is 22.8 Å². The van der Waals surface area contributed by atoms with Gasteiger partial charge in [-0.1, -0.05) is 0 Å². The highest BCUT2D eigenvalue weighted by Crippen LogP contribution is 2.50. The van der Waals surface area contributed by atoms with Crippen molar-refractivity contribution in [2.75, 3.05) is 18.0 Å². The second-order valence-electron chi connectivity index (χ2n) is 10.7. The minimum Gasteiger partial charge on any atom is -0.444 e. The van der Waals surface area contributed by atoms with Gasteiger partial charge < -0.3 is 24.8 Å². The van der Waals surface area contributed by atoms with Crippen molar-refractivity contribution in [1.82, 2.24) is 20.1 Å². The Labute approximate surface area is 211 Å². The molecule has 2 fully saturated rings. The van der Waals surface area contributed by atoms with E-state index in [0.29, 0.717) is 17.0 Å². The van der Waals surface area contributed by atoms with E-state index in [1.807, 2.05) is 6.07 Å². The van der Waals surface area contributed by atoms with Crippen molar-refractivity contribution in [2.24, 2.45) is 5.41 Å². The Bertz CT molecular complexity index is 1300. The quantitative estimate of drug-likeness (QED) is 0.518. The SMILES string of the molecule is CC(C)(C)OC(=O)NCc1nn(-c2ccc(OC(F)(F)F)cc2)c2nccc(N3CC4(CC(O)C4)C3)c12. The summed E-state index contributed by atoms with van der Waals surface area (Å²) < 4.78 is 48.6. The molecule has 3 heterocycles. The molecule has 1 aromatic carbocycles. The number of halogens is 3. The van der Waals surface area contributed by atoms with Gasteiger partial charge in [0, 0.05) is 24.7 Å². The number of hydrogen-bond donors (Lipinski definition) is 2. The van der Waals surface area contributed by atoms with Crippen LogP contribution in [0.1, 0.15) is 39.3 Å². The molecule has 0 unspecified atom stereocenters. The smallest absolute Gasteiger partial charge is 0.444 e. The van der Waals surface area contributed by atoms with Gasteiger partial charge in [-0.15, -0.1) is 13.2 Å². The van der Waals surface area contributed by atoms with Crippen molar-refractivity contribution in [3.63, 3.8) is 0 Å². The summed E-state index contributed by atoms with van der Waals surface area (Å²) in [5.41, 5.74) is 1.86. The number of hydrogen-bond acceptors (Lipinski definition) is 7. The van der Waals surface area contributed by atoms with Crippen molar-refractivity contribution in [3.05, 3.63) is 42.2 Å².